The summed E-state index contributed by atoms with van der Waals surface area (Å²) in [4.78, 5) is 11.6. The SMILES string of the molecule is CCOC(=O)C[C@@H]1OC[C@H]2O[C@@](C)(OC)[C@](C)(OC)O[C@@H]12. The van der Waals surface area contributed by atoms with Gasteiger partial charge in [0.05, 0.1) is 25.7 Å². The van der Waals surface area contributed by atoms with E-state index in [1.807, 2.05) is 0 Å². The zero-order valence-corrected chi connectivity index (χ0v) is 13.2. The first-order valence-electron chi connectivity index (χ1n) is 7.12. The quantitative estimate of drug-likeness (QED) is 0.697. The Morgan fingerprint density at radius 1 is 1.19 bits per heavy atom. The summed E-state index contributed by atoms with van der Waals surface area (Å²) in [6.45, 7) is 5.95. The molecule has 21 heavy (non-hydrogen) atoms. The minimum atomic E-state index is -1.09. The monoisotopic (exact) mass is 304 g/mol. The van der Waals surface area contributed by atoms with E-state index < -0.39 is 23.8 Å². The molecule has 0 amide bonds. The fraction of sp³-hybridized carbons (Fsp3) is 0.929. The van der Waals surface area contributed by atoms with Crippen molar-refractivity contribution in [2.45, 2.75) is 57.1 Å². The molecule has 2 aliphatic rings. The fourth-order valence-corrected chi connectivity index (χ4v) is 2.69. The predicted molar refractivity (Wildman–Crippen MR) is 71.6 cm³/mol. The first-order chi connectivity index (χ1) is 9.89. The Bertz CT molecular complexity index is 388. The molecule has 0 unspecified atom stereocenters. The van der Waals surface area contributed by atoms with Crippen LogP contribution >= 0.6 is 0 Å². The summed E-state index contributed by atoms with van der Waals surface area (Å²) in [6, 6.07) is 0. The molecule has 7 heteroatoms. The maximum Gasteiger partial charge on any atom is 0.308 e. The van der Waals surface area contributed by atoms with Crippen LogP contribution in [0.3, 0.4) is 0 Å². The predicted octanol–water partition coefficient (Wildman–Crippen LogP) is 0.848. The fourth-order valence-electron chi connectivity index (χ4n) is 2.69. The van der Waals surface area contributed by atoms with E-state index in [9.17, 15) is 4.79 Å². The van der Waals surface area contributed by atoms with Crippen LogP contribution in [0.15, 0.2) is 0 Å². The van der Waals surface area contributed by atoms with Crippen LogP contribution in [0.4, 0.5) is 0 Å². The molecule has 0 saturated carbocycles. The van der Waals surface area contributed by atoms with Gasteiger partial charge in [-0.2, -0.15) is 0 Å². The van der Waals surface area contributed by atoms with E-state index in [-0.39, 0.29) is 18.5 Å². The molecule has 7 nitrogen and oxygen atoms in total. The lowest BCUT2D eigenvalue weighted by atomic mass is 10.0. The van der Waals surface area contributed by atoms with Crippen molar-refractivity contribution >= 4 is 5.97 Å². The number of carbonyl (C=O) groups is 1. The van der Waals surface area contributed by atoms with Crippen molar-refractivity contribution in [1.82, 2.24) is 0 Å². The molecule has 0 spiro atoms. The standard InChI is InChI=1S/C14H24O7/c1-6-18-11(15)7-9-12-10(8-19-9)20-13(2,16-4)14(3,17-5)21-12/h9-10,12H,6-8H2,1-5H3/t9-,10+,12-,13+,14+/m0/s1. The van der Waals surface area contributed by atoms with Crippen molar-refractivity contribution < 1.29 is 33.2 Å². The van der Waals surface area contributed by atoms with E-state index in [0.29, 0.717) is 13.2 Å². The Kier molecular flexibility index (Phi) is 4.89. The third-order valence-corrected chi connectivity index (χ3v) is 4.22. The van der Waals surface area contributed by atoms with Crippen molar-refractivity contribution in [1.29, 1.82) is 0 Å². The van der Waals surface area contributed by atoms with Gasteiger partial charge in [0.15, 0.2) is 0 Å². The molecule has 2 fully saturated rings. The van der Waals surface area contributed by atoms with Gasteiger partial charge in [0, 0.05) is 14.2 Å². The molecule has 0 N–H and O–H groups in total. The van der Waals surface area contributed by atoms with Gasteiger partial charge < -0.3 is 28.4 Å². The maximum absolute atomic E-state index is 11.6. The first-order valence-corrected chi connectivity index (χ1v) is 7.12. The van der Waals surface area contributed by atoms with Gasteiger partial charge in [-0.3, -0.25) is 4.79 Å². The number of esters is 1. The maximum atomic E-state index is 11.6. The van der Waals surface area contributed by atoms with Crippen LogP contribution in [0.1, 0.15) is 27.2 Å². The van der Waals surface area contributed by atoms with Crippen molar-refractivity contribution in [2.24, 2.45) is 0 Å². The number of methoxy groups -OCH3 is 2. The van der Waals surface area contributed by atoms with Gasteiger partial charge >= 0.3 is 5.97 Å². The zero-order valence-electron chi connectivity index (χ0n) is 13.2. The van der Waals surface area contributed by atoms with Gasteiger partial charge in [0.25, 0.3) is 0 Å². The highest BCUT2D eigenvalue weighted by atomic mass is 16.8. The molecule has 0 aromatic heterocycles. The second-order valence-electron chi connectivity index (χ2n) is 5.42. The zero-order chi connectivity index (χ0) is 15.7. The Balaban J connectivity index is 2.10. The van der Waals surface area contributed by atoms with Crippen LogP contribution in [0, 0.1) is 0 Å². The Labute approximate surface area is 124 Å². The van der Waals surface area contributed by atoms with Gasteiger partial charge in [-0.15, -0.1) is 0 Å². The average Bonchev–Trinajstić information content (AvgIpc) is 2.81. The Morgan fingerprint density at radius 2 is 1.81 bits per heavy atom. The highest BCUT2D eigenvalue weighted by Gasteiger charge is 2.60. The normalized spacial score (nSPS) is 42.6. The largest absolute Gasteiger partial charge is 0.466 e. The third kappa shape index (κ3) is 2.93. The smallest absolute Gasteiger partial charge is 0.308 e. The number of ether oxygens (including phenoxy) is 6. The van der Waals surface area contributed by atoms with Crippen LogP contribution in [-0.4, -0.2) is 63.3 Å². The summed E-state index contributed by atoms with van der Waals surface area (Å²) in [5.74, 6) is -2.46. The summed E-state index contributed by atoms with van der Waals surface area (Å²) in [5.41, 5.74) is 0. The summed E-state index contributed by atoms with van der Waals surface area (Å²) in [5, 5.41) is 0. The van der Waals surface area contributed by atoms with Gasteiger partial charge in [0.2, 0.25) is 11.6 Å². The summed E-state index contributed by atoms with van der Waals surface area (Å²) in [7, 11) is 3.06. The van der Waals surface area contributed by atoms with Crippen molar-refractivity contribution in [3.05, 3.63) is 0 Å². The molecular formula is C14H24O7. The number of hydrogen-bond acceptors (Lipinski definition) is 7. The average molecular weight is 304 g/mol. The van der Waals surface area contributed by atoms with Crippen LogP contribution in [0.5, 0.6) is 0 Å². The van der Waals surface area contributed by atoms with Crippen LogP contribution in [0.2, 0.25) is 0 Å². The highest BCUT2D eigenvalue weighted by Crippen LogP contribution is 2.42. The molecular weight excluding hydrogens is 280 g/mol. The molecule has 0 aromatic carbocycles. The highest BCUT2D eigenvalue weighted by molar-refractivity contribution is 5.70. The lowest BCUT2D eigenvalue weighted by Gasteiger charge is -2.50. The number of hydrogen-bond donors (Lipinski definition) is 0. The van der Waals surface area contributed by atoms with Crippen LogP contribution < -0.4 is 0 Å². The van der Waals surface area contributed by atoms with E-state index >= 15 is 0 Å². The Hall–Kier alpha value is -0.730. The van der Waals surface area contributed by atoms with E-state index in [4.69, 9.17) is 28.4 Å². The van der Waals surface area contributed by atoms with E-state index in [1.165, 1.54) is 14.2 Å². The summed E-state index contributed by atoms with van der Waals surface area (Å²) < 4.78 is 33.5. The minimum absolute atomic E-state index is 0.127. The first kappa shape index (κ1) is 16.6. The molecule has 2 rings (SSSR count). The van der Waals surface area contributed by atoms with Crippen molar-refractivity contribution in [3.8, 4) is 0 Å². The van der Waals surface area contributed by atoms with Crippen LogP contribution in [-0.2, 0) is 33.2 Å². The molecule has 2 heterocycles. The van der Waals surface area contributed by atoms with Gasteiger partial charge in [-0.25, -0.2) is 0 Å². The number of rotatable bonds is 5. The molecule has 5 atom stereocenters. The van der Waals surface area contributed by atoms with E-state index in [0.717, 1.165) is 0 Å². The lowest BCUT2D eigenvalue weighted by molar-refractivity contribution is -0.443. The molecule has 0 bridgehead atoms. The van der Waals surface area contributed by atoms with Crippen LogP contribution in [0.25, 0.3) is 0 Å². The van der Waals surface area contributed by atoms with Crippen molar-refractivity contribution in [3.63, 3.8) is 0 Å². The van der Waals surface area contributed by atoms with Gasteiger partial charge in [0.1, 0.15) is 12.2 Å². The van der Waals surface area contributed by atoms with E-state index in [1.54, 1.807) is 20.8 Å². The summed E-state index contributed by atoms with van der Waals surface area (Å²) in [6.07, 6.45) is -0.993. The second-order valence-corrected chi connectivity index (χ2v) is 5.42. The molecule has 0 aromatic rings. The molecule has 0 radical (unpaired) electrons. The number of fused-ring (bicyclic) bond motifs is 1. The number of carbonyl (C=O) groups excluding carboxylic acids is 1. The summed E-state index contributed by atoms with van der Waals surface area (Å²) >= 11 is 0. The Morgan fingerprint density at radius 3 is 2.38 bits per heavy atom. The van der Waals surface area contributed by atoms with Gasteiger partial charge in [-0.05, 0) is 20.8 Å². The lowest BCUT2D eigenvalue weighted by Crippen LogP contribution is -2.65. The third-order valence-electron chi connectivity index (χ3n) is 4.22. The molecule has 0 aliphatic carbocycles. The molecule has 2 aliphatic heterocycles. The second kappa shape index (κ2) is 6.18. The van der Waals surface area contributed by atoms with E-state index in [2.05, 4.69) is 0 Å². The van der Waals surface area contributed by atoms with Crippen molar-refractivity contribution in [2.75, 3.05) is 27.4 Å². The topological polar surface area (TPSA) is 72.5 Å². The minimum Gasteiger partial charge on any atom is -0.466 e. The molecule has 122 valence electrons. The van der Waals surface area contributed by atoms with Gasteiger partial charge in [-0.1, -0.05) is 0 Å². The molecule has 2 saturated heterocycles.